The van der Waals surface area contributed by atoms with Crippen molar-refractivity contribution in [3.05, 3.63) is 11.8 Å². The van der Waals surface area contributed by atoms with Gasteiger partial charge in [0, 0.05) is 6.04 Å². The molecule has 0 fully saturated rings. The fraction of sp³-hybridized carbons (Fsp3) is 0.714. The van der Waals surface area contributed by atoms with Crippen LogP contribution in [-0.2, 0) is 0 Å². The summed E-state index contributed by atoms with van der Waals surface area (Å²) in [5.74, 6) is 0.526. The van der Waals surface area contributed by atoms with Crippen molar-refractivity contribution < 1.29 is 9.37 Å². The molecule has 1 unspecified atom stereocenters. The van der Waals surface area contributed by atoms with Crippen molar-refractivity contribution in [1.82, 2.24) is 15.6 Å². The minimum absolute atomic E-state index is 0.267. The highest BCUT2D eigenvalue weighted by molar-refractivity contribution is 5.70. The van der Waals surface area contributed by atoms with Crippen LogP contribution in [0.1, 0.15) is 51.6 Å². The summed E-state index contributed by atoms with van der Waals surface area (Å²) in [5.41, 5.74) is 1.87. The van der Waals surface area contributed by atoms with Crippen LogP contribution in [0.3, 0.4) is 0 Å². The smallest absolute Gasteiger partial charge is 0.283 e. The van der Waals surface area contributed by atoms with Gasteiger partial charge in [-0.15, -0.1) is 0 Å². The number of nitrogens with zero attached hydrogens (tertiary/aromatic N) is 2. The molecular formula is C14H23N3O2. The molecule has 1 atom stereocenters. The first kappa shape index (κ1) is 14.1. The van der Waals surface area contributed by atoms with Gasteiger partial charge in [-0.3, -0.25) is 0 Å². The molecular weight excluding hydrogens is 242 g/mol. The Bertz CT molecular complexity index is 415. The Morgan fingerprint density at radius 3 is 3.05 bits per heavy atom. The van der Waals surface area contributed by atoms with Gasteiger partial charge in [0.1, 0.15) is 0 Å². The number of unbranched alkanes of at least 4 members (excludes halogenated alkanes) is 3. The SMILES string of the molecule is CCCCCCOc1nonc1C1=CCCNC1C. The fourth-order valence-corrected chi connectivity index (χ4v) is 2.27. The van der Waals surface area contributed by atoms with E-state index in [9.17, 15) is 0 Å². The molecule has 2 heterocycles. The summed E-state index contributed by atoms with van der Waals surface area (Å²) < 4.78 is 10.5. The van der Waals surface area contributed by atoms with Crippen LogP contribution in [0.2, 0.25) is 0 Å². The molecule has 5 nitrogen and oxygen atoms in total. The molecule has 0 bridgehead atoms. The van der Waals surface area contributed by atoms with Crippen LogP contribution >= 0.6 is 0 Å². The summed E-state index contributed by atoms with van der Waals surface area (Å²) >= 11 is 0. The van der Waals surface area contributed by atoms with Crippen LogP contribution in [0.25, 0.3) is 5.57 Å². The summed E-state index contributed by atoms with van der Waals surface area (Å²) in [4.78, 5) is 0. The second kappa shape index (κ2) is 7.28. The Balaban J connectivity index is 1.92. The third-order valence-electron chi connectivity index (χ3n) is 3.39. The predicted octanol–water partition coefficient (Wildman–Crippen LogP) is 2.79. The van der Waals surface area contributed by atoms with Gasteiger partial charge < -0.3 is 10.1 Å². The third-order valence-corrected chi connectivity index (χ3v) is 3.39. The largest absolute Gasteiger partial charge is 0.474 e. The van der Waals surface area contributed by atoms with Gasteiger partial charge in [0.25, 0.3) is 5.88 Å². The Morgan fingerprint density at radius 1 is 1.37 bits per heavy atom. The van der Waals surface area contributed by atoms with E-state index in [2.05, 4.69) is 35.6 Å². The van der Waals surface area contributed by atoms with Crippen molar-refractivity contribution in [2.24, 2.45) is 0 Å². The van der Waals surface area contributed by atoms with Crippen LogP contribution in [-0.4, -0.2) is 29.5 Å². The van der Waals surface area contributed by atoms with E-state index in [1.807, 2.05) is 0 Å². The summed E-state index contributed by atoms with van der Waals surface area (Å²) in [6, 6.07) is 0.267. The molecule has 0 saturated carbocycles. The zero-order valence-corrected chi connectivity index (χ0v) is 11.8. The molecule has 1 N–H and O–H groups in total. The first-order chi connectivity index (χ1) is 9.33. The molecule has 0 radical (unpaired) electrons. The van der Waals surface area contributed by atoms with Crippen molar-refractivity contribution in [2.45, 2.75) is 52.0 Å². The molecule has 106 valence electrons. The van der Waals surface area contributed by atoms with Gasteiger partial charge in [0.2, 0.25) is 0 Å². The van der Waals surface area contributed by atoms with Gasteiger partial charge in [-0.05, 0) is 42.2 Å². The molecule has 0 aliphatic carbocycles. The topological polar surface area (TPSA) is 60.2 Å². The molecule has 19 heavy (non-hydrogen) atoms. The van der Waals surface area contributed by atoms with E-state index in [0.29, 0.717) is 12.5 Å². The second-order valence-corrected chi connectivity index (χ2v) is 4.95. The molecule has 5 heteroatoms. The Hall–Kier alpha value is -1.36. The van der Waals surface area contributed by atoms with Crippen LogP contribution < -0.4 is 10.1 Å². The third kappa shape index (κ3) is 3.80. The molecule has 2 rings (SSSR count). The maximum absolute atomic E-state index is 5.69. The highest BCUT2D eigenvalue weighted by Gasteiger charge is 2.22. The van der Waals surface area contributed by atoms with Gasteiger partial charge in [-0.2, -0.15) is 0 Å². The average molecular weight is 265 g/mol. The molecule has 1 aliphatic heterocycles. The first-order valence-electron chi connectivity index (χ1n) is 7.22. The number of nitrogens with one attached hydrogen (secondary N) is 1. The highest BCUT2D eigenvalue weighted by Crippen LogP contribution is 2.27. The summed E-state index contributed by atoms with van der Waals surface area (Å²) in [7, 11) is 0. The van der Waals surface area contributed by atoms with E-state index in [1.54, 1.807) is 0 Å². The van der Waals surface area contributed by atoms with E-state index < -0.39 is 0 Å². The molecule has 1 aromatic rings. The summed E-state index contributed by atoms with van der Waals surface area (Å²) in [6.45, 7) is 5.99. The lowest BCUT2D eigenvalue weighted by atomic mass is 10.0. The number of rotatable bonds is 7. The number of aromatic nitrogens is 2. The maximum atomic E-state index is 5.69. The van der Waals surface area contributed by atoms with Crippen LogP contribution in [0, 0.1) is 0 Å². The lowest BCUT2D eigenvalue weighted by Gasteiger charge is -2.20. The van der Waals surface area contributed by atoms with Crippen molar-refractivity contribution in [1.29, 1.82) is 0 Å². The predicted molar refractivity (Wildman–Crippen MR) is 74.0 cm³/mol. The van der Waals surface area contributed by atoms with Gasteiger partial charge >= 0.3 is 0 Å². The van der Waals surface area contributed by atoms with Crippen LogP contribution in [0.5, 0.6) is 5.88 Å². The Labute approximate surface area is 114 Å². The van der Waals surface area contributed by atoms with Crippen molar-refractivity contribution >= 4 is 5.57 Å². The Morgan fingerprint density at radius 2 is 2.26 bits per heavy atom. The van der Waals surface area contributed by atoms with Crippen LogP contribution in [0.4, 0.5) is 0 Å². The maximum Gasteiger partial charge on any atom is 0.283 e. The molecule has 0 aromatic carbocycles. The van der Waals surface area contributed by atoms with E-state index >= 15 is 0 Å². The first-order valence-corrected chi connectivity index (χ1v) is 7.22. The van der Waals surface area contributed by atoms with E-state index in [4.69, 9.17) is 9.37 Å². The van der Waals surface area contributed by atoms with E-state index in [0.717, 1.165) is 30.7 Å². The lowest BCUT2D eigenvalue weighted by Crippen LogP contribution is -2.31. The zero-order valence-electron chi connectivity index (χ0n) is 11.8. The lowest BCUT2D eigenvalue weighted by molar-refractivity contribution is 0.251. The molecule has 0 spiro atoms. The number of hydrogen-bond acceptors (Lipinski definition) is 5. The van der Waals surface area contributed by atoms with Gasteiger partial charge in [0.15, 0.2) is 5.69 Å². The normalized spacial score (nSPS) is 19.3. The van der Waals surface area contributed by atoms with Crippen molar-refractivity contribution in [2.75, 3.05) is 13.2 Å². The number of hydrogen-bond donors (Lipinski definition) is 1. The van der Waals surface area contributed by atoms with Crippen molar-refractivity contribution in [3.63, 3.8) is 0 Å². The van der Waals surface area contributed by atoms with Crippen molar-refractivity contribution in [3.8, 4) is 5.88 Å². The quantitative estimate of drug-likeness (QED) is 0.768. The minimum atomic E-state index is 0.267. The monoisotopic (exact) mass is 265 g/mol. The molecule has 0 amide bonds. The van der Waals surface area contributed by atoms with Crippen LogP contribution in [0.15, 0.2) is 10.7 Å². The van der Waals surface area contributed by atoms with Gasteiger partial charge in [0.05, 0.1) is 6.61 Å². The molecule has 0 saturated heterocycles. The zero-order chi connectivity index (χ0) is 13.5. The molecule has 1 aromatic heterocycles. The highest BCUT2D eigenvalue weighted by atomic mass is 16.6. The molecule has 1 aliphatic rings. The summed E-state index contributed by atoms with van der Waals surface area (Å²) in [6.07, 6.45) is 7.91. The average Bonchev–Trinajstić information content (AvgIpc) is 2.87. The standard InChI is InChI=1S/C14H23N3O2/c1-3-4-5-6-10-18-14-13(16-19-17-14)12-8-7-9-15-11(12)2/h8,11,15H,3-7,9-10H2,1-2H3. The van der Waals surface area contributed by atoms with E-state index in [1.165, 1.54) is 19.3 Å². The number of ether oxygens (including phenoxy) is 1. The van der Waals surface area contributed by atoms with Gasteiger partial charge in [-0.25, -0.2) is 4.63 Å². The Kier molecular flexibility index (Phi) is 5.39. The fourth-order valence-electron chi connectivity index (χ4n) is 2.27. The van der Waals surface area contributed by atoms with Gasteiger partial charge in [-0.1, -0.05) is 32.3 Å². The summed E-state index contributed by atoms with van der Waals surface area (Å²) in [5, 5.41) is 11.3. The second-order valence-electron chi connectivity index (χ2n) is 4.95. The minimum Gasteiger partial charge on any atom is -0.474 e. The van der Waals surface area contributed by atoms with E-state index in [-0.39, 0.29) is 6.04 Å².